The molecular formula is C6H9N3O2. The van der Waals surface area contributed by atoms with E-state index >= 15 is 0 Å². The first kappa shape index (κ1) is 7.71. The molecule has 0 bridgehead atoms. The van der Waals surface area contributed by atoms with Gasteiger partial charge in [-0.25, -0.2) is 9.48 Å². The molecule has 0 saturated heterocycles. The van der Waals surface area contributed by atoms with Crippen molar-refractivity contribution in [2.75, 3.05) is 0 Å². The maximum atomic E-state index is 11.1. The van der Waals surface area contributed by atoms with E-state index in [1.165, 1.54) is 16.3 Å². The van der Waals surface area contributed by atoms with Crippen LogP contribution in [-0.2, 0) is 13.6 Å². The van der Waals surface area contributed by atoms with Crippen LogP contribution in [0.1, 0.15) is 17.5 Å². The first-order valence-electron chi connectivity index (χ1n) is 3.29. The number of carbonyl (C=O) groups excluding carboxylic acids is 1. The molecule has 60 valence electrons. The Bertz CT molecular complexity index is 323. The molecule has 0 fully saturated rings. The third-order valence-electron chi connectivity index (χ3n) is 1.48. The average molecular weight is 155 g/mol. The van der Waals surface area contributed by atoms with Gasteiger partial charge in [-0.1, -0.05) is 0 Å². The molecule has 0 aliphatic rings. The number of hydrogen-bond acceptors (Lipinski definition) is 3. The fourth-order valence-electron chi connectivity index (χ4n) is 0.813. The fraction of sp³-hybridized carbons (Fsp3) is 0.500. The largest absolute Gasteiger partial charge is 0.345 e. The van der Waals surface area contributed by atoms with E-state index in [0.717, 1.165) is 0 Å². The summed E-state index contributed by atoms with van der Waals surface area (Å²) in [5, 5.41) is 3.75. The van der Waals surface area contributed by atoms with Gasteiger partial charge in [0.25, 0.3) is 0 Å². The highest BCUT2D eigenvalue weighted by molar-refractivity contribution is 5.68. The van der Waals surface area contributed by atoms with Gasteiger partial charge in [-0.3, -0.25) is 9.36 Å². The highest BCUT2D eigenvalue weighted by Gasteiger charge is 2.05. The highest BCUT2D eigenvalue weighted by atomic mass is 16.2. The lowest BCUT2D eigenvalue weighted by molar-refractivity contribution is 0.111. The molecule has 0 saturated carbocycles. The fourth-order valence-corrected chi connectivity index (χ4v) is 0.813. The van der Waals surface area contributed by atoms with Crippen molar-refractivity contribution in [3.8, 4) is 0 Å². The molecule has 5 heteroatoms. The Morgan fingerprint density at radius 2 is 2.27 bits per heavy atom. The van der Waals surface area contributed by atoms with Crippen molar-refractivity contribution < 1.29 is 4.79 Å². The molecule has 5 nitrogen and oxygen atoms in total. The molecule has 1 heterocycles. The van der Waals surface area contributed by atoms with Crippen LogP contribution in [0, 0.1) is 0 Å². The van der Waals surface area contributed by atoms with Crippen molar-refractivity contribution in [2.24, 2.45) is 7.05 Å². The second-order valence-corrected chi connectivity index (χ2v) is 2.13. The molecular weight excluding hydrogens is 146 g/mol. The van der Waals surface area contributed by atoms with Crippen LogP contribution in [-0.4, -0.2) is 20.6 Å². The Hall–Kier alpha value is -1.39. The van der Waals surface area contributed by atoms with E-state index in [9.17, 15) is 9.59 Å². The van der Waals surface area contributed by atoms with E-state index in [0.29, 0.717) is 12.8 Å². The molecule has 0 aromatic carbocycles. The van der Waals surface area contributed by atoms with Crippen LogP contribution >= 0.6 is 0 Å². The summed E-state index contributed by atoms with van der Waals surface area (Å²) in [4.78, 5) is 21.4. The van der Waals surface area contributed by atoms with Gasteiger partial charge in [0.1, 0.15) is 0 Å². The molecule has 0 atom stereocenters. The summed E-state index contributed by atoms with van der Waals surface area (Å²) in [6, 6.07) is 0. The van der Waals surface area contributed by atoms with Crippen LogP contribution in [0.3, 0.4) is 0 Å². The summed E-state index contributed by atoms with van der Waals surface area (Å²) in [6.45, 7) is 2.28. The number of aromatic nitrogens is 3. The van der Waals surface area contributed by atoms with Crippen LogP contribution in [0.15, 0.2) is 4.79 Å². The van der Waals surface area contributed by atoms with E-state index < -0.39 is 0 Å². The molecule has 1 aromatic heterocycles. The first-order chi connectivity index (χ1) is 5.20. The van der Waals surface area contributed by atoms with Crippen molar-refractivity contribution in [1.82, 2.24) is 14.3 Å². The smallest absolute Gasteiger partial charge is 0.294 e. The Balaban J connectivity index is 3.34. The van der Waals surface area contributed by atoms with Crippen molar-refractivity contribution in [1.29, 1.82) is 0 Å². The Morgan fingerprint density at radius 3 is 2.55 bits per heavy atom. The van der Waals surface area contributed by atoms with Crippen molar-refractivity contribution >= 4 is 6.29 Å². The topological polar surface area (TPSA) is 56.9 Å². The molecule has 0 aliphatic heterocycles. The third kappa shape index (κ3) is 1.09. The van der Waals surface area contributed by atoms with Crippen molar-refractivity contribution in [2.45, 2.75) is 13.5 Å². The predicted octanol–water partition coefficient (Wildman–Crippen LogP) is -0.586. The van der Waals surface area contributed by atoms with E-state index in [4.69, 9.17) is 0 Å². The minimum atomic E-state index is -0.255. The molecule has 0 spiro atoms. The lowest BCUT2D eigenvalue weighted by atomic mass is 10.7. The minimum Gasteiger partial charge on any atom is -0.294 e. The molecule has 1 rings (SSSR count). The maximum absolute atomic E-state index is 11.1. The van der Waals surface area contributed by atoms with Crippen molar-refractivity contribution in [3.05, 3.63) is 16.3 Å². The summed E-state index contributed by atoms with van der Waals surface area (Å²) in [5.74, 6) is 0.164. The molecule has 0 radical (unpaired) electrons. The average Bonchev–Trinajstić information content (AvgIpc) is 2.30. The van der Waals surface area contributed by atoms with Gasteiger partial charge in [-0.2, -0.15) is 0 Å². The number of hydrogen-bond donors (Lipinski definition) is 0. The lowest BCUT2D eigenvalue weighted by Crippen LogP contribution is -2.22. The van der Waals surface area contributed by atoms with Gasteiger partial charge in [0.15, 0.2) is 12.1 Å². The Labute approximate surface area is 63.3 Å². The zero-order valence-corrected chi connectivity index (χ0v) is 6.44. The maximum Gasteiger partial charge on any atom is 0.345 e. The quantitative estimate of drug-likeness (QED) is 0.536. The van der Waals surface area contributed by atoms with Crippen LogP contribution in [0.2, 0.25) is 0 Å². The number of aryl methyl sites for hydroxylation is 1. The summed E-state index contributed by atoms with van der Waals surface area (Å²) < 4.78 is 2.46. The van der Waals surface area contributed by atoms with Crippen LogP contribution < -0.4 is 5.69 Å². The second-order valence-electron chi connectivity index (χ2n) is 2.13. The van der Waals surface area contributed by atoms with Gasteiger partial charge in [0.2, 0.25) is 0 Å². The second kappa shape index (κ2) is 2.69. The lowest BCUT2D eigenvalue weighted by Gasteiger charge is -1.86. The summed E-state index contributed by atoms with van der Waals surface area (Å²) in [7, 11) is 1.52. The summed E-state index contributed by atoms with van der Waals surface area (Å²) in [5.41, 5.74) is -0.255. The normalized spacial score (nSPS) is 10.0. The predicted molar refractivity (Wildman–Crippen MR) is 38.5 cm³/mol. The first-order valence-corrected chi connectivity index (χ1v) is 3.29. The standard InChI is InChI=1S/C6H9N3O2/c1-3-9-6(11)8(2)5(4-10)7-9/h4H,3H2,1-2H3. The molecule has 0 amide bonds. The summed E-state index contributed by atoms with van der Waals surface area (Å²) >= 11 is 0. The van der Waals surface area contributed by atoms with Crippen LogP contribution in [0.4, 0.5) is 0 Å². The number of carbonyl (C=O) groups is 1. The monoisotopic (exact) mass is 155 g/mol. The number of aldehydes is 1. The number of nitrogens with zero attached hydrogens (tertiary/aromatic N) is 3. The van der Waals surface area contributed by atoms with E-state index in [1.807, 2.05) is 0 Å². The van der Waals surface area contributed by atoms with Crippen LogP contribution in [0.5, 0.6) is 0 Å². The zero-order chi connectivity index (χ0) is 8.43. The van der Waals surface area contributed by atoms with Crippen molar-refractivity contribution in [3.63, 3.8) is 0 Å². The molecule has 1 aromatic rings. The van der Waals surface area contributed by atoms with Crippen LogP contribution in [0.25, 0.3) is 0 Å². The molecule has 0 unspecified atom stereocenters. The zero-order valence-electron chi connectivity index (χ0n) is 6.44. The summed E-state index contributed by atoms with van der Waals surface area (Å²) in [6.07, 6.45) is 0.563. The molecule has 0 aliphatic carbocycles. The van der Waals surface area contributed by atoms with Gasteiger partial charge in [-0.05, 0) is 6.92 Å². The van der Waals surface area contributed by atoms with E-state index in [1.54, 1.807) is 6.92 Å². The van der Waals surface area contributed by atoms with Gasteiger partial charge in [-0.15, -0.1) is 5.10 Å². The number of rotatable bonds is 2. The van der Waals surface area contributed by atoms with Gasteiger partial charge in [0, 0.05) is 13.6 Å². The highest BCUT2D eigenvalue weighted by Crippen LogP contribution is 1.83. The Morgan fingerprint density at radius 1 is 1.64 bits per heavy atom. The third-order valence-corrected chi connectivity index (χ3v) is 1.48. The molecule has 0 N–H and O–H groups in total. The van der Waals surface area contributed by atoms with Gasteiger partial charge < -0.3 is 0 Å². The van der Waals surface area contributed by atoms with Gasteiger partial charge >= 0.3 is 5.69 Å². The minimum absolute atomic E-state index is 0.164. The Kier molecular flexibility index (Phi) is 1.89. The SMILES string of the molecule is CCn1nc(C=O)n(C)c1=O. The van der Waals surface area contributed by atoms with E-state index in [2.05, 4.69) is 5.10 Å². The van der Waals surface area contributed by atoms with Gasteiger partial charge in [0.05, 0.1) is 0 Å². The molecule has 11 heavy (non-hydrogen) atoms. The van der Waals surface area contributed by atoms with E-state index in [-0.39, 0.29) is 11.5 Å².